The second-order valence-electron chi connectivity index (χ2n) is 6.62. The second-order valence-corrected chi connectivity index (χ2v) is 6.62. The van der Waals surface area contributed by atoms with Gasteiger partial charge in [-0.1, -0.05) is 30.3 Å². The van der Waals surface area contributed by atoms with E-state index in [1.807, 2.05) is 51.1 Å². The number of likely N-dealkylation sites (tertiary alicyclic amines) is 1. The maximum atomic E-state index is 11.8. The van der Waals surface area contributed by atoms with Gasteiger partial charge in [-0.3, -0.25) is 5.32 Å². The Hall–Kier alpha value is -2.06. The van der Waals surface area contributed by atoms with Crippen LogP contribution in [0.1, 0.15) is 26.3 Å². The van der Waals surface area contributed by atoms with Crippen LogP contribution in [0.2, 0.25) is 0 Å². The number of benzene rings is 1. The molecule has 1 atom stereocenters. The van der Waals surface area contributed by atoms with Crippen molar-refractivity contribution >= 4 is 6.09 Å². The molecule has 1 aliphatic heterocycles. The minimum absolute atomic E-state index is 0.154. The zero-order chi connectivity index (χ0) is 16.2. The molecule has 0 spiro atoms. The lowest BCUT2D eigenvalue weighted by molar-refractivity contribution is 0.00476. The van der Waals surface area contributed by atoms with Gasteiger partial charge in [0, 0.05) is 25.6 Å². The van der Waals surface area contributed by atoms with Gasteiger partial charge in [-0.2, -0.15) is 5.26 Å². The molecule has 1 fully saturated rings. The van der Waals surface area contributed by atoms with Crippen molar-refractivity contribution in [3.63, 3.8) is 0 Å². The van der Waals surface area contributed by atoms with Crippen LogP contribution in [-0.4, -0.2) is 41.8 Å². The molecule has 118 valence electrons. The molecule has 1 aromatic carbocycles. The fourth-order valence-electron chi connectivity index (χ4n) is 2.34. The van der Waals surface area contributed by atoms with Gasteiger partial charge in [0.25, 0.3) is 0 Å². The van der Waals surface area contributed by atoms with Crippen molar-refractivity contribution in [1.82, 2.24) is 10.2 Å². The van der Waals surface area contributed by atoms with Crippen LogP contribution in [0, 0.1) is 11.3 Å². The Morgan fingerprint density at radius 1 is 1.41 bits per heavy atom. The smallest absolute Gasteiger partial charge is 0.410 e. The molecule has 1 aromatic rings. The molecule has 2 rings (SSSR count). The van der Waals surface area contributed by atoms with Gasteiger partial charge in [0.05, 0.1) is 12.1 Å². The summed E-state index contributed by atoms with van der Waals surface area (Å²) >= 11 is 0. The molecule has 0 radical (unpaired) electrons. The van der Waals surface area contributed by atoms with Gasteiger partial charge < -0.3 is 9.64 Å². The summed E-state index contributed by atoms with van der Waals surface area (Å²) in [6, 6.07) is 12.1. The van der Waals surface area contributed by atoms with E-state index < -0.39 is 5.60 Å². The monoisotopic (exact) mass is 301 g/mol. The van der Waals surface area contributed by atoms with Gasteiger partial charge in [0.2, 0.25) is 0 Å². The molecular formula is C17H23N3O2. The van der Waals surface area contributed by atoms with Crippen molar-refractivity contribution in [2.75, 3.05) is 13.1 Å². The molecule has 0 saturated carbocycles. The lowest BCUT2D eigenvalue weighted by Crippen LogP contribution is -2.62. The predicted molar refractivity (Wildman–Crippen MR) is 84.3 cm³/mol. The quantitative estimate of drug-likeness (QED) is 0.927. The van der Waals surface area contributed by atoms with Crippen LogP contribution in [0.3, 0.4) is 0 Å². The Kier molecular flexibility index (Phi) is 5.04. The number of carbonyl (C=O) groups excluding carboxylic acids is 1. The number of nitriles is 1. The second kappa shape index (κ2) is 6.80. The molecule has 1 heterocycles. The summed E-state index contributed by atoms with van der Waals surface area (Å²) in [6.07, 6.45) is 0.377. The van der Waals surface area contributed by atoms with Crippen molar-refractivity contribution in [2.24, 2.45) is 0 Å². The number of hydrogen-bond acceptors (Lipinski definition) is 4. The summed E-state index contributed by atoms with van der Waals surface area (Å²) in [7, 11) is 0. The SMILES string of the molecule is CC(C)(C)OC(=O)N1CC(N[C@@H](C#N)Cc2ccccc2)C1. The van der Waals surface area contributed by atoms with Crippen LogP contribution in [0.4, 0.5) is 4.79 Å². The summed E-state index contributed by atoms with van der Waals surface area (Å²) in [4.78, 5) is 13.5. The molecule has 1 aliphatic rings. The largest absolute Gasteiger partial charge is 0.444 e. The van der Waals surface area contributed by atoms with Crippen molar-refractivity contribution in [1.29, 1.82) is 5.26 Å². The molecule has 22 heavy (non-hydrogen) atoms. The highest BCUT2D eigenvalue weighted by Gasteiger charge is 2.34. The molecular weight excluding hydrogens is 278 g/mol. The fraction of sp³-hybridized carbons (Fsp3) is 0.529. The Morgan fingerprint density at radius 2 is 2.05 bits per heavy atom. The normalized spacial score (nSPS) is 16.5. The van der Waals surface area contributed by atoms with E-state index in [4.69, 9.17) is 4.74 Å². The van der Waals surface area contributed by atoms with E-state index in [-0.39, 0.29) is 18.2 Å². The first-order chi connectivity index (χ1) is 10.4. The van der Waals surface area contributed by atoms with Crippen LogP contribution in [0.15, 0.2) is 30.3 Å². The summed E-state index contributed by atoms with van der Waals surface area (Å²) in [5, 5.41) is 12.6. The Morgan fingerprint density at radius 3 is 2.59 bits per heavy atom. The Balaban J connectivity index is 1.76. The van der Waals surface area contributed by atoms with Crippen LogP contribution >= 0.6 is 0 Å². The van der Waals surface area contributed by atoms with Gasteiger partial charge in [0.15, 0.2) is 0 Å². The number of hydrogen-bond donors (Lipinski definition) is 1. The van der Waals surface area contributed by atoms with E-state index in [2.05, 4.69) is 11.4 Å². The predicted octanol–water partition coefficient (Wildman–Crippen LogP) is 2.33. The molecule has 5 heteroatoms. The van der Waals surface area contributed by atoms with Gasteiger partial charge in [-0.15, -0.1) is 0 Å². The van der Waals surface area contributed by atoms with Crippen LogP contribution < -0.4 is 5.32 Å². The van der Waals surface area contributed by atoms with Gasteiger partial charge >= 0.3 is 6.09 Å². The fourth-order valence-corrected chi connectivity index (χ4v) is 2.34. The number of ether oxygens (including phenoxy) is 1. The van der Waals surface area contributed by atoms with Crippen LogP contribution in [0.25, 0.3) is 0 Å². The van der Waals surface area contributed by atoms with E-state index in [0.717, 1.165) is 5.56 Å². The molecule has 0 bridgehead atoms. The third-order valence-corrected chi connectivity index (χ3v) is 3.41. The highest BCUT2D eigenvalue weighted by Crippen LogP contribution is 2.16. The van der Waals surface area contributed by atoms with Crippen molar-refractivity contribution in [3.05, 3.63) is 35.9 Å². The summed E-state index contributed by atoms with van der Waals surface area (Å²) in [5.41, 5.74) is 0.655. The van der Waals surface area contributed by atoms with E-state index in [0.29, 0.717) is 19.5 Å². The van der Waals surface area contributed by atoms with E-state index in [1.165, 1.54) is 0 Å². The number of nitrogens with one attached hydrogen (secondary N) is 1. The third-order valence-electron chi connectivity index (χ3n) is 3.41. The summed E-state index contributed by atoms with van der Waals surface area (Å²) < 4.78 is 5.31. The topological polar surface area (TPSA) is 65.4 Å². The molecule has 1 N–H and O–H groups in total. The molecule has 0 unspecified atom stereocenters. The summed E-state index contributed by atoms with van der Waals surface area (Å²) in [5.74, 6) is 0. The standard InChI is InChI=1S/C17H23N3O2/c1-17(2,3)22-16(21)20-11-15(12-20)19-14(10-18)9-13-7-5-4-6-8-13/h4-8,14-15,19H,9,11-12H2,1-3H3/t14-/m1/s1. The minimum Gasteiger partial charge on any atom is -0.444 e. The molecule has 5 nitrogen and oxygen atoms in total. The average Bonchev–Trinajstić information content (AvgIpc) is 2.40. The highest BCUT2D eigenvalue weighted by atomic mass is 16.6. The average molecular weight is 301 g/mol. The molecule has 1 amide bonds. The van der Waals surface area contributed by atoms with Gasteiger partial charge in [0.1, 0.15) is 5.60 Å². The van der Waals surface area contributed by atoms with E-state index in [1.54, 1.807) is 4.90 Å². The van der Waals surface area contributed by atoms with Crippen LogP contribution in [0.5, 0.6) is 0 Å². The maximum absolute atomic E-state index is 11.8. The zero-order valence-corrected chi connectivity index (χ0v) is 13.4. The number of amides is 1. The number of carbonyl (C=O) groups is 1. The Bertz CT molecular complexity index is 539. The molecule has 0 aromatic heterocycles. The van der Waals surface area contributed by atoms with Gasteiger partial charge in [-0.05, 0) is 26.3 Å². The van der Waals surface area contributed by atoms with E-state index in [9.17, 15) is 10.1 Å². The van der Waals surface area contributed by atoms with Crippen molar-refractivity contribution in [2.45, 2.75) is 44.9 Å². The van der Waals surface area contributed by atoms with Crippen LogP contribution in [-0.2, 0) is 11.2 Å². The van der Waals surface area contributed by atoms with Crippen molar-refractivity contribution < 1.29 is 9.53 Å². The first-order valence-electron chi connectivity index (χ1n) is 7.55. The first-order valence-corrected chi connectivity index (χ1v) is 7.55. The number of nitrogens with zero attached hydrogens (tertiary/aromatic N) is 2. The van der Waals surface area contributed by atoms with Crippen molar-refractivity contribution in [3.8, 4) is 6.07 Å². The van der Waals surface area contributed by atoms with Gasteiger partial charge in [-0.25, -0.2) is 4.79 Å². The first kappa shape index (κ1) is 16.3. The molecule has 0 aliphatic carbocycles. The zero-order valence-electron chi connectivity index (χ0n) is 13.4. The minimum atomic E-state index is -0.474. The lowest BCUT2D eigenvalue weighted by atomic mass is 10.0. The lowest BCUT2D eigenvalue weighted by Gasteiger charge is -2.41. The Labute approximate surface area is 131 Å². The maximum Gasteiger partial charge on any atom is 0.410 e. The number of rotatable bonds is 4. The highest BCUT2D eigenvalue weighted by molar-refractivity contribution is 5.69. The summed E-state index contributed by atoms with van der Waals surface area (Å²) in [6.45, 7) is 6.73. The molecule has 1 saturated heterocycles. The van der Waals surface area contributed by atoms with E-state index >= 15 is 0 Å². The third kappa shape index (κ3) is 4.74.